The summed E-state index contributed by atoms with van der Waals surface area (Å²) < 4.78 is 0. The lowest BCUT2D eigenvalue weighted by Crippen LogP contribution is -2.50. The molecule has 0 aromatic carbocycles. The zero-order valence-electron chi connectivity index (χ0n) is 8.30. The smallest absolute Gasteiger partial charge is 0.0673 e. The Morgan fingerprint density at radius 1 is 1.33 bits per heavy atom. The quantitative estimate of drug-likeness (QED) is 0.630. The van der Waals surface area contributed by atoms with Crippen molar-refractivity contribution in [3.8, 4) is 0 Å². The Morgan fingerprint density at radius 2 is 1.92 bits per heavy atom. The van der Waals surface area contributed by atoms with E-state index in [0.29, 0.717) is 0 Å². The van der Waals surface area contributed by atoms with Crippen LogP contribution in [0.3, 0.4) is 0 Å². The Bertz CT molecular complexity index is 161. The van der Waals surface area contributed by atoms with Gasteiger partial charge in [0.2, 0.25) is 0 Å². The molecule has 0 spiro atoms. The zero-order valence-corrected chi connectivity index (χ0v) is 8.30. The van der Waals surface area contributed by atoms with Gasteiger partial charge >= 0.3 is 0 Å². The van der Waals surface area contributed by atoms with E-state index in [-0.39, 0.29) is 17.9 Å². The van der Waals surface area contributed by atoms with Crippen LogP contribution in [0.5, 0.6) is 0 Å². The van der Waals surface area contributed by atoms with Crippen molar-refractivity contribution in [1.82, 2.24) is 0 Å². The lowest BCUT2D eigenvalue weighted by atomic mass is 9.60. The van der Waals surface area contributed by atoms with Crippen molar-refractivity contribution in [2.45, 2.75) is 45.6 Å². The molecule has 2 N–H and O–H groups in total. The number of aliphatic hydroxyl groups is 2. The third kappa shape index (κ3) is 1.38. The summed E-state index contributed by atoms with van der Waals surface area (Å²) >= 11 is 0. The molecule has 2 heteroatoms. The van der Waals surface area contributed by atoms with Crippen molar-refractivity contribution in [3.63, 3.8) is 0 Å². The number of hydrogen-bond donors (Lipinski definition) is 2. The average molecular weight is 172 g/mol. The van der Waals surface area contributed by atoms with Gasteiger partial charge in [0.25, 0.3) is 0 Å². The molecule has 2 unspecified atom stereocenters. The minimum absolute atomic E-state index is 0.153. The molecule has 0 radical (unpaired) electrons. The highest BCUT2D eigenvalue weighted by Gasteiger charge is 2.46. The van der Waals surface area contributed by atoms with E-state index in [1.807, 2.05) is 20.8 Å². The van der Waals surface area contributed by atoms with Crippen molar-refractivity contribution in [2.75, 3.05) is 6.61 Å². The summed E-state index contributed by atoms with van der Waals surface area (Å²) in [6.45, 7) is 6.18. The molecule has 0 saturated heterocycles. The summed E-state index contributed by atoms with van der Waals surface area (Å²) in [5.74, 6) is 0.251. The van der Waals surface area contributed by atoms with E-state index in [1.54, 1.807) is 0 Å². The molecule has 0 bridgehead atoms. The minimum atomic E-state index is -0.612. The van der Waals surface area contributed by atoms with Gasteiger partial charge in [-0.05, 0) is 31.1 Å². The first-order valence-corrected chi connectivity index (χ1v) is 4.75. The molecule has 0 amide bonds. The van der Waals surface area contributed by atoms with E-state index in [0.717, 1.165) is 19.3 Å². The standard InChI is InChI=1S/C10H20O2/c1-9(2)8(7-11)5-4-6-10(9,3)12/h8,11-12H,4-7H2,1-3H3. The van der Waals surface area contributed by atoms with E-state index in [4.69, 9.17) is 5.11 Å². The second-order valence-corrected chi connectivity index (χ2v) is 4.77. The predicted molar refractivity (Wildman–Crippen MR) is 48.8 cm³/mol. The maximum Gasteiger partial charge on any atom is 0.0673 e. The van der Waals surface area contributed by atoms with Gasteiger partial charge in [-0.15, -0.1) is 0 Å². The molecule has 0 heterocycles. The SMILES string of the molecule is CC1(O)CCCC(CO)C1(C)C. The van der Waals surface area contributed by atoms with Crippen LogP contribution in [0.2, 0.25) is 0 Å². The molecule has 0 aromatic heterocycles. The largest absolute Gasteiger partial charge is 0.396 e. The Morgan fingerprint density at radius 3 is 2.33 bits per heavy atom. The topological polar surface area (TPSA) is 40.5 Å². The van der Waals surface area contributed by atoms with Crippen molar-refractivity contribution in [2.24, 2.45) is 11.3 Å². The Hall–Kier alpha value is -0.0800. The van der Waals surface area contributed by atoms with E-state index in [9.17, 15) is 5.11 Å². The molecule has 12 heavy (non-hydrogen) atoms. The van der Waals surface area contributed by atoms with Crippen LogP contribution < -0.4 is 0 Å². The Kier molecular flexibility index (Phi) is 2.50. The van der Waals surface area contributed by atoms with Crippen LogP contribution in [-0.2, 0) is 0 Å². The minimum Gasteiger partial charge on any atom is -0.396 e. The second kappa shape index (κ2) is 3.00. The van der Waals surface area contributed by atoms with Gasteiger partial charge in [-0.2, -0.15) is 0 Å². The molecule has 0 aliphatic heterocycles. The molecule has 1 fully saturated rings. The monoisotopic (exact) mass is 172 g/mol. The third-order valence-electron chi connectivity index (χ3n) is 3.85. The summed E-state index contributed by atoms with van der Waals surface area (Å²) in [4.78, 5) is 0. The van der Waals surface area contributed by atoms with E-state index >= 15 is 0 Å². The summed E-state index contributed by atoms with van der Waals surface area (Å²) in [5, 5.41) is 19.2. The van der Waals surface area contributed by atoms with Crippen molar-refractivity contribution in [3.05, 3.63) is 0 Å². The summed E-state index contributed by atoms with van der Waals surface area (Å²) in [6, 6.07) is 0. The molecule has 0 aromatic rings. The molecule has 72 valence electrons. The first-order valence-electron chi connectivity index (χ1n) is 4.75. The van der Waals surface area contributed by atoms with Gasteiger partial charge in [0.1, 0.15) is 0 Å². The second-order valence-electron chi connectivity index (χ2n) is 4.77. The Labute approximate surface area is 74.6 Å². The molecular weight excluding hydrogens is 152 g/mol. The van der Waals surface area contributed by atoms with E-state index < -0.39 is 5.60 Å². The fourth-order valence-corrected chi connectivity index (χ4v) is 2.13. The Balaban J connectivity index is 2.82. The molecule has 2 nitrogen and oxygen atoms in total. The fraction of sp³-hybridized carbons (Fsp3) is 1.00. The van der Waals surface area contributed by atoms with Gasteiger partial charge in [0, 0.05) is 6.61 Å². The van der Waals surface area contributed by atoms with Crippen LogP contribution in [0.25, 0.3) is 0 Å². The van der Waals surface area contributed by atoms with Gasteiger partial charge in [-0.25, -0.2) is 0 Å². The van der Waals surface area contributed by atoms with Crippen LogP contribution >= 0.6 is 0 Å². The van der Waals surface area contributed by atoms with E-state index in [2.05, 4.69) is 0 Å². The average Bonchev–Trinajstić information content (AvgIpc) is 1.95. The van der Waals surface area contributed by atoms with Crippen LogP contribution in [0.15, 0.2) is 0 Å². The highest BCUT2D eigenvalue weighted by atomic mass is 16.3. The summed E-state index contributed by atoms with van der Waals surface area (Å²) in [6.07, 6.45) is 2.93. The van der Waals surface area contributed by atoms with E-state index in [1.165, 1.54) is 0 Å². The van der Waals surface area contributed by atoms with Gasteiger partial charge in [-0.3, -0.25) is 0 Å². The van der Waals surface area contributed by atoms with Crippen LogP contribution in [0, 0.1) is 11.3 Å². The number of hydrogen-bond acceptors (Lipinski definition) is 2. The fourth-order valence-electron chi connectivity index (χ4n) is 2.13. The van der Waals surface area contributed by atoms with Gasteiger partial charge in [-0.1, -0.05) is 20.3 Å². The van der Waals surface area contributed by atoms with Crippen molar-refractivity contribution < 1.29 is 10.2 Å². The first kappa shape index (κ1) is 10.0. The van der Waals surface area contributed by atoms with Crippen LogP contribution in [-0.4, -0.2) is 22.4 Å². The highest BCUT2D eigenvalue weighted by Crippen LogP contribution is 2.47. The summed E-state index contributed by atoms with van der Waals surface area (Å²) in [7, 11) is 0. The molecule has 1 aliphatic rings. The maximum atomic E-state index is 10.1. The van der Waals surface area contributed by atoms with Crippen molar-refractivity contribution >= 4 is 0 Å². The normalized spacial score (nSPS) is 41.2. The van der Waals surface area contributed by atoms with Crippen LogP contribution in [0.1, 0.15) is 40.0 Å². The predicted octanol–water partition coefficient (Wildman–Crippen LogP) is 1.56. The lowest BCUT2D eigenvalue weighted by molar-refractivity contribution is -0.123. The number of rotatable bonds is 1. The first-order chi connectivity index (χ1) is 5.42. The van der Waals surface area contributed by atoms with Gasteiger partial charge in [0.15, 0.2) is 0 Å². The maximum absolute atomic E-state index is 10.1. The molecule has 1 aliphatic carbocycles. The van der Waals surface area contributed by atoms with Gasteiger partial charge in [0.05, 0.1) is 5.60 Å². The lowest BCUT2D eigenvalue weighted by Gasteiger charge is -2.49. The summed E-state index contributed by atoms with van der Waals surface area (Å²) in [5.41, 5.74) is -0.765. The van der Waals surface area contributed by atoms with Crippen LogP contribution in [0.4, 0.5) is 0 Å². The number of aliphatic hydroxyl groups excluding tert-OH is 1. The highest BCUT2D eigenvalue weighted by molar-refractivity contribution is 4.97. The third-order valence-corrected chi connectivity index (χ3v) is 3.85. The molecule has 1 rings (SSSR count). The molecule has 2 atom stereocenters. The van der Waals surface area contributed by atoms with Gasteiger partial charge < -0.3 is 10.2 Å². The zero-order chi connectivity index (χ0) is 9.41. The molecule has 1 saturated carbocycles. The van der Waals surface area contributed by atoms with Crippen molar-refractivity contribution in [1.29, 1.82) is 0 Å². The molecular formula is C10H20O2.